The number of rotatable bonds is 5. The molecular weight excluding hydrogens is 294 g/mol. The van der Waals surface area contributed by atoms with Crippen LogP contribution in [0.2, 0.25) is 0 Å². The van der Waals surface area contributed by atoms with Crippen LogP contribution < -0.4 is 10.6 Å². The molecule has 1 aromatic rings. The lowest BCUT2D eigenvalue weighted by Gasteiger charge is -2.21. The smallest absolute Gasteiger partial charge is 0.269 e. The van der Waals surface area contributed by atoms with Gasteiger partial charge in [-0.3, -0.25) is 14.9 Å². The van der Waals surface area contributed by atoms with Gasteiger partial charge in [-0.05, 0) is 37.4 Å². The molecule has 0 aromatic heterocycles. The fourth-order valence-electron chi connectivity index (χ4n) is 2.36. The maximum absolute atomic E-state index is 11.8. The predicted molar refractivity (Wildman–Crippen MR) is 82.4 cm³/mol. The summed E-state index contributed by atoms with van der Waals surface area (Å²) in [7, 11) is 0. The van der Waals surface area contributed by atoms with Crippen molar-refractivity contribution in [2.75, 3.05) is 13.1 Å². The fourth-order valence-corrected chi connectivity index (χ4v) is 2.36. The molecule has 0 saturated carbocycles. The van der Waals surface area contributed by atoms with E-state index in [1.807, 2.05) is 0 Å². The van der Waals surface area contributed by atoms with E-state index in [1.54, 1.807) is 12.1 Å². The van der Waals surface area contributed by atoms with E-state index in [-0.39, 0.29) is 24.0 Å². The first-order valence-corrected chi connectivity index (χ1v) is 6.86. The van der Waals surface area contributed by atoms with Crippen LogP contribution in [0.15, 0.2) is 24.3 Å². The predicted octanol–water partition coefficient (Wildman–Crippen LogP) is 2.02. The topological polar surface area (TPSA) is 84.3 Å². The van der Waals surface area contributed by atoms with E-state index in [2.05, 4.69) is 10.6 Å². The molecule has 0 spiro atoms. The fraction of sp³-hybridized carbons (Fsp3) is 0.500. The van der Waals surface area contributed by atoms with Gasteiger partial charge in [-0.2, -0.15) is 0 Å². The molecule has 116 valence electrons. The quantitative estimate of drug-likeness (QED) is 0.643. The number of benzene rings is 1. The van der Waals surface area contributed by atoms with E-state index >= 15 is 0 Å². The molecule has 0 aliphatic carbocycles. The van der Waals surface area contributed by atoms with Gasteiger partial charge in [0.15, 0.2) is 0 Å². The summed E-state index contributed by atoms with van der Waals surface area (Å²) in [6.07, 6.45) is 2.66. The maximum Gasteiger partial charge on any atom is 0.269 e. The number of carbonyl (C=O) groups excluding carboxylic acids is 1. The van der Waals surface area contributed by atoms with Gasteiger partial charge in [-0.15, -0.1) is 12.4 Å². The summed E-state index contributed by atoms with van der Waals surface area (Å²) < 4.78 is 0. The molecular formula is C14H20ClN3O3. The molecule has 6 nitrogen and oxygen atoms in total. The van der Waals surface area contributed by atoms with E-state index < -0.39 is 4.92 Å². The first-order chi connectivity index (χ1) is 9.65. The van der Waals surface area contributed by atoms with E-state index in [1.165, 1.54) is 12.1 Å². The molecule has 0 unspecified atom stereocenters. The molecule has 1 heterocycles. The Morgan fingerprint density at radius 3 is 2.48 bits per heavy atom. The largest absolute Gasteiger partial charge is 0.352 e. The minimum absolute atomic E-state index is 0. The number of nitrogens with one attached hydrogen (secondary N) is 2. The van der Waals surface area contributed by atoms with Crippen molar-refractivity contribution < 1.29 is 9.72 Å². The molecule has 2 N–H and O–H groups in total. The Hall–Kier alpha value is -1.66. The summed E-state index contributed by atoms with van der Waals surface area (Å²) in [5.74, 6) is 0.517. The molecule has 0 radical (unpaired) electrons. The third-order valence-corrected chi connectivity index (χ3v) is 3.57. The summed E-state index contributed by atoms with van der Waals surface area (Å²) in [6.45, 7) is 2.39. The summed E-state index contributed by atoms with van der Waals surface area (Å²) in [6, 6.07) is 6.24. The van der Waals surface area contributed by atoms with E-state index in [9.17, 15) is 14.9 Å². The lowest BCUT2D eigenvalue weighted by molar-refractivity contribution is -0.384. The van der Waals surface area contributed by atoms with Crippen LogP contribution in [-0.4, -0.2) is 23.9 Å². The zero-order valence-electron chi connectivity index (χ0n) is 11.7. The van der Waals surface area contributed by atoms with E-state index in [4.69, 9.17) is 0 Å². The summed E-state index contributed by atoms with van der Waals surface area (Å²) in [5, 5.41) is 16.7. The van der Waals surface area contributed by atoms with Crippen LogP contribution in [0.4, 0.5) is 5.69 Å². The van der Waals surface area contributed by atoms with E-state index in [0.717, 1.165) is 31.5 Å². The van der Waals surface area contributed by atoms with Crippen LogP contribution in [0.1, 0.15) is 24.8 Å². The SMILES string of the molecule is Cl.O=C(CC1CCNCC1)NCc1ccc([N+](=O)[O-])cc1. The molecule has 0 atom stereocenters. The lowest BCUT2D eigenvalue weighted by atomic mass is 9.94. The van der Waals surface area contributed by atoms with Gasteiger partial charge in [0.25, 0.3) is 5.69 Å². The Morgan fingerprint density at radius 1 is 1.29 bits per heavy atom. The average Bonchev–Trinajstić information content (AvgIpc) is 2.46. The van der Waals surface area contributed by atoms with Crippen LogP contribution >= 0.6 is 12.4 Å². The van der Waals surface area contributed by atoms with Gasteiger partial charge >= 0.3 is 0 Å². The number of hydrogen-bond acceptors (Lipinski definition) is 4. The number of carbonyl (C=O) groups is 1. The highest BCUT2D eigenvalue weighted by Crippen LogP contribution is 2.16. The first-order valence-electron chi connectivity index (χ1n) is 6.86. The van der Waals surface area contributed by atoms with Crippen LogP contribution in [0, 0.1) is 16.0 Å². The van der Waals surface area contributed by atoms with Crippen molar-refractivity contribution in [1.82, 2.24) is 10.6 Å². The monoisotopic (exact) mass is 313 g/mol. The van der Waals surface area contributed by atoms with Gasteiger partial charge in [0.2, 0.25) is 5.91 Å². The second-order valence-corrected chi connectivity index (χ2v) is 5.10. The van der Waals surface area contributed by atoms with Gasteiger partial charge in [-0.25, -0.2) is 0 Å². The van der Waals surface area contributed by atoms with Crippen molar-refractivity contribution in [3.05, 3.63) is 39.9 Å². The van der Waals surface area contributed by atoms with Crippen LogP contribution in [0.3, 0.4) is 0 Å². The zero-order valence-corrected chi connectivity index (χ0v) is 12.5. The lowest BCUT2D eigenvalue weighted by Crippen LogP contribution is -2.32. The summed E-state index contributed by atoms with van der Waals surface area (Å²) in [5.41, 5.74) is 0.934. The molecule has 0 bridgehead atoms. The molecule has 1 aliphatic heterocycles. The highest BCUT2D eigenvalue weighted by Gasteiger charge is 2.16. The number of non-ortho nitro benzene ring substituents is 1. The number of amides is 1. The normalized spacial score (nSPS) is 15.0. The minimum atomic E-state index is -0.431. The van der Waals surface area contributed by atoms with Gasteiger partial charge in [0.1, 0.15) is 0 Å². The minimum Gasteiger partial charge on any atom is -0.352 e. The summed E-state index contributed by atoms with van der Waals surface area (Å²) in [4.78, 5) is 21.9. The highest BCUT2D eigenvalue weighted by atomic mass is 35.5. The molecule has 2 rings (SSSR count). The van der Waals surface area contributed by atoms with Crippen molar-refractivity contribution in [2.45, 2.75) is 25.8 Å². The Kier molecular flexibility index (Phi) is 7.11. The third kappa shape index (κ3) is 5.69. The van der Waals surface area contributed by atoms with Gasteiger partial charge in [0, 0.05) is 25.1 Å². The highest BCUT2D eigenvalue weighted by molar-refractivity contribution is 5.85. The number of halogens is 1. The maximum atomic E-state index is 11.8. The van der Waals surface area contributed by atoms with Crippen molar-refractivity contribution in [1.29, 1.82) is 0 Å². The molecule has 7 heteroatoms. The Labute approximate surface area is 129 Å². The molecule has 1 amide bonds. The summed E-state index contributed by atoms with van der Waals surface area (Å²) >= 11 is 0. The van der Waals surface area contributed by atoms with Crippen molar-refractivity contribution in [3.63, 3.8) is 0 Å². The van der Waals surface area contributed by atoms with Crippen LogP contribution in [-0.2, 0) is 11.3 Å². The average molecular weight is 314 g/mol. The number of piperidine rings is 1. The van der Waals surface area contributed by atoms with Crippen LogP contribution in [0.5, 0.6) is 0 Å². The Balaban J connectivity index is 0.00000220. The third-order valence-electron chi connectivity index (χ3n) is 3.57. The molecule has 1 aromatic carbocycles. The van der Waals surface area contributed by atoms with Gasteiger partial charge < -0.3 is 10.6 Å². The molecule has 1 fully saturated rings. The molecule has 1 saturated heterocycles. The number of nitro groups is 1. The molecule has 21 heavy (non-hydrogen) atoms. The van der Waals surface area contributed by atoms with E-state index in [0.29, 0.717) is 18.9 Å². The van der Waals surface area contributed by atoms with Crippen molar-refractivity contribution in [2.24, 2.45) is 5.92 Å². The second-order valence-electron chi connectivity index (χ2n) is 5.10. The number of nitro benzene ring substituents is 1. The van der Waals surface area contributed by atoms with Crippen LogP contribution in [0.25, 0.3) is 0 Å². The van der Waals surface area contributed by atoms with Crippen molar-refractivity contribution >= 4 is 24.0 Å². The molecule has 1 aliphatic rings. The second kappa shape index (κ2) is 8.59. The first kappa shape index (κ1) is 17.4. The zero-order chi connectivity index (χ0) is 14.4. The Bertz CT molecular complexity index is 473. The van der Waals surface area contributed by atoms with Gasteiger partial charge in [0.05, 0.1) is 4.92 Å². The Morgan fingerprint density at radius 2 is 1.90 bits per heavy atom. The number of nitrogens with zero attached hydrogens (tertiary/aromatic N) is 1. The standard InChI is InChI=1S/C14H19N3O3.ClH/c18-14(9-11-5-7-15-8-6-11)16-10-12-1-3-13(4-2-12)17(19)20;/h1-4,11,15H,5-10H2,(H,16,18);1H. The number of hydrogen-bond donors (Lipinski definition) is 2. The van der Waals surface area contributed by atoms with Gasteiger partial charge in [-0.1, -0.05) is 12.1 Å². The van der Waals surface area contributed by atoms with Crippen molar-refractivity contribution in [3.8, 4) is 0 Å².